The molecule has 0 bridgehead atoms. The first-order valence-electron chi connectivity index (χ1n) is 6.42. The van der Waals surface area contributed by atoms with E-state index in [4.69, 9.17) is 17.3 Å². The van der Waals surface area contributed by atoms with Crippen molar-refractivity contribution in [2.75, 3.05) is 5.73 Å². The highest BCUT2D eigenvalue weighted by molar-refractivity contribution is 8.00. The van der Waals surface area contributed by atoms with Gasteiger partial charge in [-0.15, -0.1) is 10.2 Å². The molecule has 2 N–H and O–H groups in total. The summed E-state index contributed by atoms with van der Waals surface area (Å²) in [6, 6.07) is 7.77. The van der Waals surface area contributed by atoms with Gasteiger partial charge in [-0.2, -0.15) is 0 Å². The normalized spacial score (nSPS) is 10.8. The summed E-state index contributed by atoms with van der Waals surface area (Å²) in [4.78, 5) is 8.30. The van der Waals surface area contributed by atoms with Crippen molar-refractivity contribution in [1.82, 2.24) is 20.2 Å². The van der Waals surface area contributed by atoms with Crippen LogP contribution in [0.3, 0.4) is 0 Å². The zero-order valence-corrected chi connectivity index (χ0v) is 14.0. The highest BCUT2D eigenvalue weighted by atomic mass is 35.5. The van der Waals surface area contributed by atoms with Gasteiger partial charge in [0.05, 0.1) is 5.56 Å². The number of halogens is 1. The van der Waals surface area contributed by atoms with E-state index >= 15 is 0 Å². The molecule has 3 aromatic rings. The van der Waals surface area contributed by atoms with Crippen LogP contribution in [0.15, 0.2) is 34.8 Å². The van der Waals surface area contributed by atoms with E-state index in [0.29, 0.717) is 11.6 Å². The molecule has 2 aromatic heterocycles. The smallest absolute Gasteiger partial charge is 0.174 e. The lowest BCUT2D eigenvalue weighted by atomic mass is 10.2. The summed E-state index contributed by atoms with van der Waals surface area (Å²) in [5.74, 6) is 1.88. The van der Waals surface area contributed by atoms with Crippen molar-refractivity contribution in [1.29, 1.82) is 0 Å². The van der Waals surface area contributed by atoms with Crippen LogP contribution in [0.5, 0.6) is 0 Å². The van der Waals surface area contributed by atoms with Crippen LogP contribution in [-0.2, 0) is 5.75 Å². The predicted molar refractivity (Wildman–Crippen MR) is 91.1 cm³/mol. The molecule has 0 unspecified atom stereocenters. The molecule has 22 heavy (non-hydrogen) atoms. The first-order chi connectivity index (χ1) is 10.6. The summed E-state index contributed by atoms with van der Waals surface area (Å²) < 4.78 is 0.880. The molecular weight excluding hydrogens is 338 g/mol. The number of aromatic nitrogens is 4. The Labute approximate surface area is 141 Å². The highest BCUT2D eigenvalue weighted by Gasteiger charge is 2.12. The maximum atomic E-state index is 5.91. The van der Waals surface area contributed by atoms with Crippen molar-refractivity contribution in [2.45, 2.75) is 17.0 Å². The second-order valence-electron chi connectivity index (χ2n) is 4.50. The summed E-state index contributed by atoms with van der Waals surface area (Å²) in [7, 11) is 0. The monoisotopic (exact) mass is 349 g/mol. The number of nitrogens with zero attached hydrogens (tertiary/aromatic N) is 4. The second kappa shape index (κ2) is 6.60. The third-order valence-electron chi connectivity index (χ3n) is 2.85. The van der Waals surface area contributed by atoms with E-state index in [-0.39, 0.29) is 0 Å². The van der Waals surface area contributed by atoms with E-state index in [0.717, 1.165) is 25.7 Å². The van der Waals surface area contributed by atoms with Gasteiger partial charge in [-0.1, -0.05) is 46.8 Å². The minimum Gasteiger partial charge on any atom is -0.383 e. The van der Waals surface area contributed by atoms with E-state index in [9.17, 15) is 0 Å². The molecule has 5 nitrogen and oxygen atoms in total. The Morgan fingerprint density at radius 3 is 2.73 bits per heavy atom. The van der Waals surface area contributed by atoms with Gasteiger partial charge in [-0.25, -0.2) is 9.97 Å². The molecule has 1 aromatic carbocycles. The minimum absolute atomic E-state index is 0.429. The summed E-state index contributed by atoms with van der Waals surface area (Å²) >= 11 is 8.98. The average molecular weight is 350 g/mol. The molecule has 0 aliphatic carbocycles. The van der Waals surface area contributed by atoms with Crippen LogP contribution >= 0.6 is 34.7 Å². The summed E-state index contributed by atoms with van der Waals surface area (Å²) in [6.45, 7) is 1.80. The molecule has 2 heterocycles. The molecule has 0 amide bonds. The lowest BCUT2D eigenvalue weighted by molar-refractivity contribution is 1.01. The van der Waals surface area contributed by atoms with Gasteiger partial charge in [0.15, 0.2) is 9.35 Å². The van der Waals surface area contributed by atoms with Gasteiger partial charge in [-0.3, -0.25) is 0 Å². The fourth-order valence-corrected chi connectivity index (χ4v) is 3.71. The fraction of sp³-hybridized carbons (Fsp3) is 0.143. The number of nitrogen functional groups attached to an aromatic ring is 1. The van der Waals surface area contributed by atoms with Gasteiger partial charge in [0, 0.05) is 17.0 Å². The van der Waals surface area contributed by atoms with Gasteiger partial charge in [0.25, 0.3) is 0 Å². The van der Waals surface area contributed by atoms with Gasteiger partial charge >= 0.3 is 0 Å². The first kappa shape index (κ1) is 15.2. The molecule has 0 saturated carbocycles. The molecule has 0 saturated heterocycles. The van der Waals surface area contributed by atoms with Crippen molar-refractivity contribution in [3.8, 4) is 10.6 Å². The number of nitrogens with two attached hydrogens (primary N) is 1. The fourth-order valence-electron chi connectivity index (χ4n) is 1.75. The molecular formula is C14H12ClN5S2. The molecule has 0 fully saturated rings. The number of rotatable bonds is 4. The van der Waals surface area contributed by atoms with Gasteiger partial charge in [0.1, 0.15) is 11.6 Å². The number of benzene rings is 1. The largest absolute Gasteiger partial charge is 0.383 e. The van der Waals surface area contributed by atoms with E-state index in [1.54, 1.807) is 24.9 Å². The number of aryl methyl sites for hydroxylation is 1. The highest BCUT2D eigenvalue weighted by Crippen LogP contribution is 2.32. The Morgan fingerprint density at radius 1 is 1.23 bits per heavy atom. The molecule has 0 spiro atoms. The standard InChI is InChI=1S/C14H12ClN5S2/c1-8-17-6-11(12(16)18-8)13-19-20-14(22-13)21-7-9-2-4-10(15)5-3-9/h2-6H,7H2,1H3,(H2,16,17,18). The Kier molecular flexibility index (Phi) is 4.56. The number of hydrogen-bond acceptors (Lipinski definition) is 7. The van der Waals surface area contributed by atoms with Crippen LogP contribution in [-0.4, -0.2) is 20.2 Å². The summed E-state index contributed by atoms with van der Waals surface area (Å²) in [6.07, 6.45) is 1.69. The SMILES string of the molecule is Cc1ncc(-c2nnc(SCc3ccc(Cl)cc3)s2)c(N)n1. The molecule has 8 heteroatoms. The van der Waals surface area contributed by atoms with Crippen molar-refractivity contribution in [3.05, 3.63) is 46.9 Å². The zero-order valence-electron chi connectivity index (χ0n) is 11.7. The Morgan fingerprint density at radius 2 is 2.00 bits per heavy atom. The van der Waals surface area contributed by atoms with Crippen molar-refractivity contribution < 1.29 is 0 Å². The number of hydrogen-bond donors (Lipinski definition) is 1. The third kappa shape index (κ3) is 3.55. The van der Waals surface area contributed by atoms with Crippen LogP contribution < -0.4 is 5.73 Å². The van der Waals surface area contributed by atoms with Crippen LogP contribution in [0.4, 0.5) is 5.82 Å². The van der Waals surface area contributed by atoms with Crippen molar-refractivity contribution in [3.63, 3.8) is 0 Å². The maximum Gasteiger partial charge on any atom is 0.174 e. The predicted octanol–water partition coefficient (Wildman–Crippen LogP) is 3.83. The van der Waals surface area contributed by atoms with Crippen LogP contribution in [0, 0.1) is 6.92 Å². The Balaban J connectivity index is 1.72. The Bertz CT molecular complexity index is 788. The zero-order chi connectivity index (χ0) is 15.5. The van der Waals surface area contributed by atoms with Crippen LogP contribution in [0.25, 0.3) is 10.6 Å². The average Bonchev–Trinajstić information content (AvgIpc) is 2.95. The van der Waals surface area contributed by atoms with E-state index in [1.165, 1.54) is 16.9 Å². The molecule has 0 aliphatic rings. The van der Waals surface area contributed by atoms with E-state index in [1.807, 2.05) is 24.3 Å². The molecule has 0 aliphatic heterocycles. The van der Waals surface area contributed by atoms with Crippen LogP contribution in [0.1, 0.15) is 11.4 Å². The molecule has 3 rings (SSSR count). The summed E-state index contributed by atoms with van der Waals surface area (Å²) in [5, 5.41) is 9.82. The topological polar surface area (TPSA) is 77.6 Å². The first-order valence-corrected chi connectivity index (χ1v) is 8.60. The number of thioether (sulfide) groups is 1. The molecule has 112 valence electrons. The Hall–Kier alpha value is -1.70. The van der Waals surface area contributed by atoms with Gasteiger partial charge in [-0.05, 0) is 24.6 Å². The van der Waals surface area contributed by atoms with Gasteiger partial charge < -0.3 is 5.73 Å². The van der Waals surface area contributed by atoms with Gasteiger partial charge in [0.2, 0.25) is 0 Å². The lowest BCUT2D eigenvalue weighted by Crippen LogP contribution is -1.97. The van der Waals surface area contributed by atoms with E-state index in [2.05, 4.69) is 20.2 Å². The number of anilines is 1. The maximum absolute atomic E-state index is 5.91. The minimum atomic E-state index is 0.429. The van der Waals surface area contributed by atoms with Crippen molar-refractivity contribution >= 4 is 40.5 Å². The third-order valence-corrected chi connectivity index (χ3v) is 5.26. The van der Waals surface area contributed by atoms with E-state index < -0.39 is 0 Å². The quantitative estimate of drug-likeness (QED) is 0.721. The second-order valence-corrected chi connectivity index (χ2v) is 7.14. The van der Waals surface area contributed by atoms with Crippen molar-refractivity contribution in [2.24, 2.45) is 0 Å². The summed E-state index contributed by atoms with van der Waals surface area (Å²) in [5.41, 5.74) is 7.82. The molecule has 0 atom stereocenters. The van der Waals surface area contributed by atoms with Crippen LogP contribution in [0.2, 0.25) is 5.02 Å². The lowest BCUT2D eigenvalue weighted by Gasteiger charge is -2.00. The molecule has 0 radical (unpaired) electrons.